The molecule has 0 aliphatic carbocycles. The molecule has 0 saturated carbocycles. The summed E-state index contributed by atoms with van der Waals surface area (Å²) in [6, 6.07) is 4.80. The van der Waals surface area contributed by atoms with E-state index in [4.69, 9.17) is 18.6 Å². The summed E-state index contributed by atoms with van der Waals surface area (Å²) in [6.07, 6.45) is -4.46. The molecule has 9 heteroatoms. The number of methoxy groups -OCH3 is 1. The average Bonchev–Trinajstić information content (AvgIpc) is 2.63. The molecule has 29 heavy (non-hydrogen) atoms. The number of rotatable bonds is 4. The number of aliphatic hydroxyl groups is 2. The molecule has 158 valence electrons. The number of ether oxygens (including phenoxy) is 3. The maximum absolute atomic E-state index is 12.1. The lowest BCUT2D eigenvalue weighted by molar-refractivity contribution is -0.306. The van der Waals surface area contributed by atoms with Crippen LogP contribution < -0.4 is 15.7 Å². The van der Waals surface area contributed by atoms with Crippen LogP contribution in [0.5, 0.6) is 5.75 Å². The van der Waals surface area contributed by atoms with Gasteiger partial charge in [0.2, 0.25) is 12.2 Å². The first kappa shape index (κ1) is 21.3. The Morgan fingerprint density at radius 2 is 1.93 bits per heavy atom. The Hall–Kier alpha value is -2.46. The molecule has 1 aliphatic rings. The molecule has 2 heterocycles. The van der Waals surface area contributed by atoms with Crippen molar-refractivity contribution in [2.45, 2.75) is 57.9 Å². The van der Waals surface area contributed by atoms with E-state index < -0.39 is 35.8 Å². The third-order valence-electron chi connectivity index (χ3n) is 4.95. The third-order valence-corrected chi connectivity index (χ3v) is 4.95. The Labute approximate surface area is 167 Å². The quantitative estimate of drug-likeness (QED) is 0.648. The molecule has 9 nitrogen and oxygen atoms in total. The van der Waals surface area contributed by atoms with Gasteiger partial charge in [0, 0.05) is 25.0 Å². The third kappa shape index (κ3) is 3.99. The van der Waals surface area contributed by atoms with Crippen molar-refractivity contribution in [2.24, 2.45) is 0 Å². The van der Waals surface area contributed by atoms with Crippen LogP contribution in [0.25, 0.3) is 11.0 Å². The number of hydrogen-bond donors (Lipinski definition) is 3. The highest BCUT2D eigenvalue weighted by Gasteiger charge is 2.50. The minimum atomic E-state index is -1.35. The van der Waals surface area contributed by atoms with E-state index in [-0.39, 0.29) is 17.2 Å². The molecule has 0 radical (unpaired) electrons. The fourth-order valence-corrected chi connectivity index (χ4v) is 3.54. The van der Waals surface area contributed by atoms with Gasteiger partial charge in [-0.2, -0.15) is 0 Å². The molecule has 1 aromatic carbocycles. The predicted octanol–water partition coefficient (Wildman–Crippen LogP) is 1.31. The molecule has 1 aliphatic heterocycles. The summed E-state index contributed by atoms with van der Waals surface area (Å²) in [5.74, 6) is -0.0665. The first-order chi connectivity index (χ1) is 13.5. The van der Waals surface area contributed by atoms with E-state index in [2.05, 4.69) is 5.32 Å². The molecule has 1 fully saturated rings. The fourth-order valence-electron chi connectivity index (χ4n) is 3.54. The minimum Gasteiger partial charge on any atom is -0.462 e. The Kier molecular flexibility index (Phi) is 5.68. The van der Waals surface area contributed by atoms with Crippen LogP contribution in [0.3, 0.4) is 0 Å². The zero-order valence-electron chi connectivity index (χ0n) is 16.9. The second-order valence-corrected chi connectivity index (χ2v) is 7.58. The summed E-state index contributed by atoms with van der Waals surface area (Å²) in [4.78, 5) is 23.4. The highest BCUT2D eigenvalue weighted by atomic mass is 16.7. The summed E-state index contributed by atoms with van der Waals surface area (Å²) in [5.41, 5.74) is -0.781. The molecule has 1 unspecified atom stereocenters. The minimum absolute atomic E-state index is 0.0413. The predicted molar refractivity (Wildman–Crippen MR) is 104 cm³/mol. The Morgan fingerprint density at radius 1 is 1.24 bits per heavy atom. The van der Waals surface area contributed by atoms with E-state index in [1.807, 2.05) is 0 Å². The van der Waals surface area contributed by atoms with Crippen molar-refractivity contribution < 1.29 is 33.6 Å². The van der Waals surface area contributed by atoms with Crippen LogP contribution in [0.1, 0.15) is 26.3 Å². The number of nitrogens with one attached hydrogen (secondary N) is 1. The monoisotopic (exact) mass is 407 g/mol. The standard InChI is InChI=1S/C20H25NO8/c1-9-13(27-19-15(24)14(23)17(26-5)20(3,4)29-19)7-6-11-8-12(21-10(2)22)18(25)28-16(9)11/h6-8,14-15,17,19,23-24H,1-5H3,(H,21,22)/t14-,15?,17-,19-/m1/s1. The molecular weight excluding hydrogens is 382 g/mol. The topological polar surface area (TPSA) is 127 Å². The van der Waals surface area contributed by atoms with Crippen LogP contribution in [0.4, 0.5) is 5.69 Å². The molecule has 4 atom stereocenters. The van der Waals surface area contributed by atoms with Gasteiger partial charge in [0.1, 0.15) is 35.3 Å². The number of carbonyl (C=O) groups excluding carboxylic acids is 1. The highest BCUT2D eigenvalue weighted by Crippen LogP contribution is 2.34. The van der Waals surface area contributed by atoms with Crippen molar-refractivity contribution in [3.05, 3.63) is 34.2 Å². The lowest BCUT2D eigenvalue weighted by atomic mass is 9.89. The zero-order chi connectivity index (χ0) is 21.5. The number of hydrogen-bond acceptors (Lipinski definition) is 8. The first-order valence-electron chi connectivity index (χ1n) is 9.13. The van der Waals surface area contributed by atoms with E-state index in [0.717, 1.165) is 0 Å². The number of carbonyl (C=O) groups is 1. The van der Waals surface area contributed by atoms with Gasteiger partial charge < -0.3 is 34.2 Å². The lowest BCUT2D eigenvalue weighted by Crippen LogP contribution is -2.63. The van der Waals surface area contributed by atoms with Crippen molar-refractivity contribution in [3.8, 4) is 5.75 Å². The summed E-state index contributed by atoms with van der Waals surface area (Å²) >= 11 is 0. The fraction of sp³-hybridized carbons (Fsp3) is 0.500. The highest BCUT2D eigenvalue weighted by molar-refractivity contribution is 5.91. The SMILES string of the molecule is CO[C@@H]1[C@H](O)C(O)[C@H](Oc2ccc3cc(NC(C)=O)c(=O)oc3c2C)OC1(C)C. The summed E-state index contributed by atoms with van der Waals surface area (Å²) in [5, 5.41) is 23.8. The lowest BCUT2D eigenvalue weighted by Gasteiger charge is -2.46. The normalized spacial score (nSPS) is 26.3. The molecule has 1 aromatic heterocycles. The molecule has 1 amide bonds. The van der Waals surface area contributed by atoms with Crippen molar-refractivity contribution in [2.75, 3.05) is 12.4 Å². The van der Waals surface area contributed by atoms with Gasteiger partial charge in [-0.1, -0.05) is 0 Å². The van der Waals surface area contributed by atoms with Crippen LogP contribution in [-0.4, -0.2) is 53.4 Å². The molecule has 3 N–H and O–H groups in total. The van der Waals surface area contributed by atoms with E-state index in [1.165, 1.54) is 20.1 Å². The zero-order valence-corrected chi connectivity index (χ0v) is 16.9. The summed E-state index contributed by atoms with van der Waals surface area (Å²) < 4.78 is 22.2. The van der Waals surface area contributed by atoms with Gasteiger partial charge in [0.15, 0.2) is 0 Å². The van der Waals surface area contributed by atoms with Gasteiger partial charge in [-0.25, -0.2) is 4.79 Å². The second kappa shape index (κ2) is 7.75. The molecule has 1 saturated heterocycles. The molecule has 0 spiro atoms. The largest absolute Gasteiger partial charge is 0.462 e. The van der Waals surface area contributed by atoms with E-state index in [1.54, 1.807) is 32.9 Å². The van der Waals surface area contributed by atoms with Gasteiger partial charge in [-0.15, -0.1) is 0 Å². The number of aliphatic hydroxyl groups excluding tert-OH is 2. The number of benzene rings is 1. The Bertz CT molecular complexity index is 982. The smallest absolute Gasteiger partial charge is 0.360 e. The van der Waals surface area contributed by atoms with Crippen LogP contribution in [0.15, 0.2) is 27.4 Å². The molecular formula is C20H25NO8. The number of anilines is 1. The first-order valence-corrected chi connectivity index (χ1v) is 9.13. The van der Waals surface area contributed by atoms with Crippen LogP contribution in [-0.2, 0) is 14.3 Å². The van der Waals surface area contributed by atoms with Crippen molar-refractivity contribution in [1.29, 1.82) is 0 Å². The number of aryl methyl sites for hydroxylation is 1. The van der Waals surface area contributed by atoms with Gasteiger partial charge in [-0.05, 0) is 39.0 Å². The molecule has 2 aromatic rings. The maximum Gasteiger partial charge on any atom is 0.360 e. The Balaban J connectivity index is 1.93. The second-order valence-electron chi connectivity index (χ2n) is 7.58. The van der Waals surface area contributed by atoms with Gasteiger partial charge >= 0.3 is 5.63 Å². The van der Waals surface area contributed by atoms with E-state index in [0.29, 0.717) is 16.7 Å². The van der Waals surface area contributed by atoms with Crippen molar-refractivity contribution in [1.82, 2.24) is 0 Å². The van der Waals surface area contributed by atoms with Crippen molar-refractivity contribution in [3.63, 3.8) is 0 Å². The maximum atomic E-state index is 12.1. The van der Waals surface area contributed by atoms with Crippen LogP contribution >= 0.6 is 0 Å². The van der Waals surface area contributed by atoms with E-state index >= 15 is 0 Å². The van der Waals surface area contributed by atoms with Gasteiger partial charge in [-0.3, -0.25) is 4.79 Å². The van der Waals surface area contributed by atoms with Gasteiger partial charge in [0.05, 0.1) is 5.60 Å². The number of fused-ring (bicyclic) bond motifs is 1. The van der Waals surface area contributed by atoms with Gasteiger partial charge in [0.25, 0.3) is 0 Å². The number of amides is 1. The summed E-state index contributed by atoms with van der Waals surface area (Å²) in [6.45, 7) is 6.43. The Morgan fingerprint density at radius 3 is 2.55 bits per heavy atom. The van der Waals surface area contributed by atoms with Crippen LogP contribution in [0.2, 0.25) is 0 Å². The average molecular weight is 407 g/mol. The van der Waals surface area contributed by atoms with Crippen molar-refractivity contribution >= 4 is 22.6 Å². The summed E-state index contributed by atoms with van der Waals surface area (Å²) in [7, 11) is 1.43. The molecule has 3 rings (SSSR count). The van der Waals surface area contributed by atoms with Crippen LogP contribution in [0, 0.1) is 6.92 Å². The van der Waals surface area contributed by atoms with E-state index in [9.17, 15) is 19.8 Å². The molecule has 0 bridgehead atoms.